The van der Waals surface area contributed by atoms with Gasteiger partial charge in [-0.25, -0.2) is 0 Å². The maximum absolute atomic E-state index is 12.5. The van der Waals surface area contributed by atoms with Crippen molar-refractivity contribution in [3.8, 4) is 0 Å². The van der Waals surface area contributed by atoms with Gasteiger partial charge in [0.05, 0.1) is 22.2 Å². The van der Waals surface area contributed by atoms with Crippen LogP contribution in [0.2, 0.25) is 0 Å². The van der Waals surface area contributed by atoms with Gasteiger partial charge in [-0.05, 0) is 46.2 Å². The zero-order valence-electron chi connectivity index (χ0n) is 16.1. The summed E-state index contributed by atoms with van der Waals surface area (Å²) >= 11 is 0. The molecule has 0 unspecified atom stereocenters. The van der Waals surface area contributed by atoms with Gasteiger partial charge < -0.3 is 10.5 Å². The first-order chi connectivity index (χ1) is 12.6. The van der Waals surface area contributed by atoms with E-state index in [1.165, 1.54) is 9.96 Å². The van der Waals surface area contributed by atoms with Crippen LogP contribution in [0.3, 0.4) is 0 Å². The van der Waals surface area contributed by atoms with E-state index in [2.05, 4.69) is 5.32 Å². The number of rotatable bonds is 5. The number of nitrogens with zero attached hydrogens (tertiary/aromatic N) is 2. The quantitative estimate of drug-likeness (QED) is 0.610. The molecule has 0 atom stereocenters. The van der Waals surface area contributed by atoms with E-state index in [1.54, 1.807) is 44.2 Å². The Balaban J connectivity index is 1.55. The van der Waals surface area contributed by atoms with Crippen LogP contribution in [-0.2, 0) is 4.79 Å². The number of benzene rings is 1. The molecule has 2 N–H and O–H groups in total. The molecule has 144 valence electrons. The Hall–Kier alpha value is -2.51. The van der Waals surface area contributed by atoms with Gasteiger partial charge in [-0.15, -0.1) is 0 Å². The maximum atomic E-state index is 12.5. The molecule has 2 aliphatic heterocycles. The lowest BCUT2D eigenvalue weighted by molar-refractivity contribution is -0.186. The average Bonchev–Trinajstić information content (AvgIpc) is 2.96. The molecule has 0 saturated carbocycles. The second kappa shape index (κ2) is 6.58. The van der Waals surface area contributed by atoms with Crippen LogP contribution >= 0.6 is 0 Å². The molecule has 7 nitrogen and oxygen atoms in total. The Morgan fingerprint density at radius 2 is 1.63 bits per heavy atom. The number of hydroxylamine groups is 2. The van der Waals surface area contributed by atoms with Gasteiger partial charge in [-0.3, -0.25) is 19.3 Å². The molecule has 27 heavy (non-hydrogen) atoms. The van der Waals surface area contributed by atoms with Crippen LogP contribution in [0.5, 0.6) is 0 Å². The molecule has 0 fully saturated rings. The van der Waals surface area contributed by atoms with Gasteiger partial charge >= 0.3 is 0 Å². The van der Waals surface area contributed by atoms with Crippen LogP contribution in [0.15, 0.2) is 35.9 Å². The fraction of sp³-hybridized carbons (Fsp3) is 0.450. The maximum Gasteiger partial charge on any atom is 0.261 e. The minimum atomic E-state index is -0.796. The molecule has 0 bridgehead atoms. The van der Waals surface area contributed by atoms with Gasteiger partial charge in [0, 0.05) is 18.7 Å². The van der Waals surface area contributed by atoms with Crippen LogP contribution in [0.4, 0.5) is 0 Å². The van der Waals surface area contributed by atoms with Gasteiger partial charge in [0.25, 0.3) is 11.8 Å². The van der Waals surface area contributed by atoms with Gasteiger partial charge in [-0.2, -0.15) is 5.06 Å². The topological polar surface area (TPSA) is 90.0 Å². The molecule has 1 aromatic carbocycles. The van der Waals surface area contributed by atoms with Crippen LogP contribution in [0.1, 0.15) is 54.8 Å². The summed E-state index contributed by atoms with van der Waals surface area (Å²) in [6.45, 7) is 7.80. The highest BCUT2D eigenvalue weighted by molar-refractivity contribution is 6.21. The zero-order chi connectivity index (χ0) is 20.0. The van der Waals surface area contributed by atoms with E-state index in [9.17, 15) is 19.6 Å². The Labute approximate surface area is 158 Å². The molecule has 0 spiro atoms. The van der Waals surface area contributed by atoms with Crippen LogP contribution in [0.25, 0.3) is 0 Å². The number of hydrogen-bond donors (Lipinski definition) is 2. The van der Waals surface area contributed by atoms with Crippen molar-refractivity contribution in [2.24, 2.45) is 0 Å². The third kappa shape index (κ3) is 3.17. The van der Waals surface area contributed by atoms with Gasteiger partial charge in [0.15, 0.2) is 0 Å². The highest BCUT2D eigenvalue weighted by Crippen LogP contribution is 2.38. The number of hydrogen-bond acceptors (Lipinski definition) is 5. The third-order valence-corrected chi connectivity index (χ3v) is 5.20. The average molecular weight is 371 g/mol. The lowest BCUT2D eigenvalue weighted by Gasteiger charge is -2.35. The molecule has 1 aromatic rings. The van der Waals surface area contributed by atoms with Crippen LogP contribution in [0, 0.1) is 0 Å². The molecule has 2 aliphatic rings. The molecule has 0 saturated heterocycles. The van der Waals surface area contributed by atoms with Crippen molar-refractivity contribution >= 4 is 17.7 Å². The molecule has 0 radical (unpaired) electrons. The van der Waals surface area contributed by atoms with Gasteiger partial charge in [-0.1, -0.05) is 18.2 Å². The second-order valence-electron chi connectivity index (χ2n) is 8.00. The smallest absolute Gasteiger partial charge is 0.261 e. The van der Waals surface area contributed by atoms with Crippen LogP contribution < -0.4 is 5.32 Å². The fourth-order valence-corrected chi connectivity index (χ4v) is 3.75. The fourth-order valence-electron chi connectivity index (χ4n) is 3.75. The summed E-state index contributed by atoms with van der Waals surface area (Å²) in [6.07, 6.45) is 2.21. The van der Waals surface area contributed by atoms with E-state index in [4.69, 9.17) is 0 Å². The predicted octanol–water partition coefficient (Wildman–Crippen LogP) is 1.98. The Morgan fingerprint density at radius 1 is 1.07 bits per heavy atom. The third-order valence-electron chi connectivity index (χ3n) is 5.20. The molecule has 7 heteroatoms. The zero-order valence-corrected chi connectivity index (χ0v) is 16.1. The number of carbonyl (C=O) groups is 3. The Kier molecular flexibility index (Phi) is 4.69. The molecular formula is C20H25N3O4. The highest BCUT2D eigenvalue weighted by Gasteiger charge is 2.47. The van der Waals surface area contributed by atoms with Crippen molar-refractivity contribution in [2.75, 3.05) is 13.1 Å². The number of amides is 3. The van der Waals surface area contributed by atoms with E-state index in [1.807, 2.05) is 13.8 Å². The summed E-state index contributed by atoms with van der Waals surface area (Å²) in [5, 5.41) is 14.3. The van der Waals surface area contributed by atoms with E-state index < -0.39 is 11.1 Å². The number of fused-ring (bicyclic) bond motifs is 1. The summed E-state index contributed by atoms with van der Waals surface area (Å²) < 4.78 is 0. The van der Waals surface area contributed by atoms with Crippen molar-refractivity contribution < 1.29 is 19.6 Å². The Morgan fingerprint density at radius 3 is 2.11 bits per heavy atom. The summed E-state index contributed by atoms with van der Waals surface area (Å²) in [6, 6.07) is 6.76. The second-order valence-corrected chi connectivity index (χ2v) is 8.00. The first kappa shape index (κ1) is 19.3. The van der Waals surface area contributed by atoms with E-state index in [-0.39, 0.29) is 24.3 Å². The number of carbonyl (C=O) groups excluding carboxylic acids is 3. The van der Waals surface area contributed by atoms with E-state index >= 15 is 0 Å². The van der Waals surface area contributed by atoms with Gasteiger partial charge in [0.1, 0.15) is 0 Å². The summed E-state index contributed by atoms with van der Waals surface area (Å²) in [5.41, 5.74) is -0.0769. The SMILES string of the molecule is CC1(C)C=C(C(=O)NCCCN2C(=O)c3ccccc3C2=O)C(C)(C)N1O. The van der Waals surface area contributed by atoms with Crippen molar-refractivity contribution in [3.63, 3.8) is 0 Å². The lowest BCUT2D eigenvalue weighted by Crippen LogP contribution is -2.49. The van der Waals surface area contributed by atoms with E-state index in [0.29, 0.717) is 29.7 Å². The van der Waals surface area contributed by atoms with Crippen molar-refractivity contribution in [1.82, 2.24) is 15.3 Å². The van der Waals surface area contributed by atoms with Crippen molar-refractivity contribution in [3.05, 3.63) is 47.0 Å². The number of imide groups is 1. The monoisotopic (exact) mass is 371 g/mol. The largest absolute Gasteiger partial charge is 0.352 e. The summed E-state index contributed by atoms with van der Waals surface area (Å²) in [4.78, 5) is 38.4. The van der Waals surface area contributed by atoms with Gasteiger partial charge in [0.2, 0.25) is 5.91 Å². The highest BCUT2D eigenvalue weighted by atomic mass is 16.5. The van der Waals surface area contributed by atoms with Crippen molar-refractivity contribution in [1.29, 1.82) is 0 Å². The minimum absolute atomic E-state index is 0.243. The Bertz CT molecular complexity index is 806. The molecule has 0 aromatic heterocycles. The molecule has 3 rings (SSSR count). The molecule has 2 heterocycles. The normalized spacial score (nSPS) is 20.6. The summed E-state index contributed by atoms with van der Waals surface area (Å²) in [7, 11) is 0. The lowest BCUT2D eigenvalue weighted by atomic mass is 9.96. The predicted molar refractivity (Wildman–Crippen MR) is 99.3 cm³/mol. The first-order valence-corrected chi connectivity index (χ1v) is 9.03. The summed E-state index contributed by atoms with van der Waals surface area (Å²) in [5.74, 6) is -0.842. The first-order valence-electron chi connectivity index (χ1n) is 9.03. The van der Waals surface area contributed by atoms with Crippen LogP contribution in [-0.4, -0.2) is 57.1 Å². The molecule has 0 aliphatic carbocycles. The molecular weight excluding hydrogens is 346 g/mol. The minimum Gasteiger partial charge on any atom is -0.352 e. The standard InChI is InChI=1S/C20H25N3O4/c1-19(2)12-15(20(3,4)23(19)27)16(24)21-10-7-11-22-17(25)13-8-5-6-9-14(13)18(22)26/h5-6,8-9,12,27H,7,10-11H2,1-4H3,(H,21,24). The van der Waals surface area contributed by atoms with E-state index in [0.717, 1.165) is 0 Å². The number of nitrogens with one attached hydrogen (secondary N) is 1. The molecule has 3 amide bonds. The van der Waals surface area contributed by atoms with Crippen molar-refractivity contribution in [2.45, 2.75) is 45.2 Å².